The summed E-state index contributed by atoms with van der Waals surface area (Å²) < 4.78 is 14.8. The fourth-order valence-electron chi connectivity index (χ4n) is 3.62. The van der Waals surface area contributed by atoms with Gasteiger partial charge in [-0.15, -0.1) is 0 Å². The van der Waals surface area contributed by atoms with Gasteiger partial charge in [-0.1, -0.05) is 25.4 Å². The zero-order valence-electron chi connectivity index (χ0n) is 16.6. The smallest absolute Gasteiger partial charge is 0.155 e. The predicted octanol–water partition coefficient (Wildman–Crippen LogP) is 3.00. The fourth-order valence-corrected chi connectivity index (χ4v) is 3.87. The minimum atomic E-state index is -0.905. The number of hydrogen-bond donors (Lipinski definition) is 3. The van der Waals surface area contributed by atoms with Crippen molar-refractivity contribution >= 4 is 28.5 Å². The van der Waals surface area contributed by atoms with E-state index in [-0.39, 0.29) is 22.7 Å². The number of nitrogens with one attached hydrogen (secondary N) is 2. The predicted molar refractivity (Wildman–Crippen MR) is 112 cm³/mol. The van der Waals surface area contributed by atoms with Gasteiger partial charge in [-0.2, -0.15) is 5.10 Å². The molecule has 0 spiro atoms. The average molecular weight is 419 g/mol. The molecule has 2 atom stereocenters. The minimum Gasteiger partial charge on any atom is -0.388 e. The Bertz CT molecular complexity index is 1040. The van der Waals surface area contributed by atoms with E-state index in [0.717, 1.165) is 0 Å². The molecule has 1 fully saturated rings. The average Bonchev–Trinajstić information content (AvgIpc) is 3.12. The number of aromatic amines is 1. The van der Waals surface area contributed by atoms with Crippen molar-refractivity contribution in [3.63, 3.8) is 0 Å². The molecule has 1 aliphatic heterocycles. The van der Waals surface area contributed by atoms with Gasteiger partial charge in [0.2, 0.25) is 0 Å². The van der Waals surface area contributed by atoms with Gasteiger partial charge in [-0.25, -0.2) is 14.4 Å². The molecule has 154 valence electrons. The van der Waals surface area contributed by atoms with Crippen molar-refractivity contribution < 1.29 is 9.50 Å². The third kappa shape index (κ3) is 3.56. The lowest BCUT2D eigenvalue weighted by molar-refractivity contribution is -0.0231. The summed E-state index contributed by atoms with van der Waals surface area (Å²) in [5.74, 6) is 0.00103. The summed E-state index contributed by atoms with van der Waals surface area (Å²) in [5, 5.41) is 22.2. The van der Waals surface area contributed by atoms with Crippen LogP contribution in [-0.4, -0.2) is 56.5 Å². The lowest BCUT2D eigenvalue weighted by atomic mass is 9.84. The highest BCUT2D eigenvalue weighted by Gasteiger charge is 2.38. The van der Waals surface area contributed by atoms with Crippen LogP contribution in [0.1, 0.15) is 20.8 Å². The first-order valence-corrected chi connectivity index (χ1v) is 10.0. The quantitative estimate of drug-likeness (QED) is 0.603. The van der Waals surface area contributed by atoms with Gasteiger partial charge in [-0.3, -0.25) is 5.10 Å². The monoisotopic (exact) mass is 418 g/mol. The molecular formula is C20H24ClFN6O. The van der Waals surface area contributed by atoms with Crippen LogP contribution in [0.3, 0.4) is 0 Å². The zero-order chi connectivity index (χ0) is 20.8. The first-order valence-electron chi connectivity index (χ1n) is 9.65. The summed E-state index contributed by atoms with van der Waals surface area (Å²) >= 11 is 6.37. The highest BCUT2D eigenvalue weighted by Crippen LogP contribution is 2.33. The summed E-state index contributed by atoms with van der Waals surface area (Å²) in [5.41, 5.74) is 0.173. The lowest BCUT2D eigenvalue weighted by Gasteiger charge is -2.43. The molecule has 9 heteroatoms. The van der Waals surface area contributed by atoms with E-state index in [0.29, 0.717) is 42.2 Å². The van der Waals surface area contributed by atoms with Crippen LogP contribution < -0.4 is 10.2 Å². The van der Waals surface area contributed by atoms with Crippen molar-refractivity contribution in [2.45, 2.75) is 32.4 Å². The Kier molecular flexibility index (Phi) is 5.18. The van der Waals surface area contributed by atoms with E-state index in [9.17, 15) is 9.50 Å². The summed E-state index contributed by atoms with van der Waals surface area (Å²) in [4.78, 5) is 10.7. The van der Waals surface area contributed by atoms with Crippen LogP contribution >= 0.6 is 11.6 Å². The number of anilines is 1. The Morgan fingerprint density at radius 3 is 2.93 bits per heavy atom. The van der Waals surface area contributed by atoms with Crippen LogP contribution in [-0.2, 0) is 0 Å². The molecule has 4 heterocycles. The second-order valence-electron chi connectivity index (χ2n) is 7.93. The van der Waals surface area contributed by atoms with E-state index in [4.69, 9.17) is 11.6 Å². The first kappa shape index (κ1) is 20.0. The van der Waals surface area contributed by atoms with Crippen LogP contribution in [0, 0.1) is 11.7 Å². The SMILES string of the molecule is CC(C)C(C)(O)[C@@H]1CN(c2nc(-c3n[nH]c4ncccc34)c(F)cc2Cl)CCN1. The standard InChI is InChI=1S/C20H24ClFN6O/c1-11(2)20(3,29)15-10-28(8-7-23-15)19-13(21)9-14(22)17(25-19)16-12-5-4-6-24-18(12)27-26-16/h4-6,9,11,15,23,29H,7-8,10H2,1-3H3,(H,24,26,27)/t15-,20?/m0/s1. The fraction of sp³-hybridized carbons (Fsp3) is 0.450. The molecule has 0 saturated carbocycles. The molecule has 4 rings (SSSR count). The van der Waals surface area contributed by atoms with Crippen molar-refractivity contribution in [2.24, 2.45) is 5.92 Å². The first-order chi connectivity index (χ1) is 13.8. The molecular weight excluding hydrogens is 395 g/mol. The molecule has 3 N–H and O–H groups in total. The van der Waals surface area contributed by atoms with Crippen LogP contribution in [0.2, 0.25) is 5.02 Å². The topological polar surface area (TPSA) is 90.0 Å². The molecule has 0 amide bonds. The largest absolute Gasteiger partial charge is 0.388 e. The molecule has 3 aromatic heterocycles. The number of piperazine rings is 1. The summed E-state index contributed by atoms with van der Waals surface area (Å²) in [6, 6.07) is 4.69. The number of aromatic nitrogens is 4. The van der Waals surface area contributed by atoms with Crippen LogP contribution in [0.25, 0.3) is 22.4 Å². The maximum atomic E-state index is 14.8. The van der Waals surface area contributed by atoms with Gasteiger partial charge in [0.1, 0.15) is 17.2 Å². The number of H-pyrrole nitrogens is 1. The highest BCUT2D eigenvalue weighted by molar-refractivity contribution is 6.33. The Morgan fingerprint density at radius 2 is 2.17 bits per heavy atom. The molecule has 0 aliphatic carbocycles. The van der Waals surface area contributed by atoms with Crippen LogP contribution in [0.5, 0.6) is 0 Å². The van der Waals surface area contributed by atoms with Crippen molar-refractivity contribution in [3.05, 3.63) is 35.2 Å². The Hall–Kier alpha value is -2.29. The normalized spacial score (nSPS) is 19.7. The van der Waals surface area contributed by atoms with Crippen molar-refractivity contribution in [1.29, 1.82) is 0 Å². The third-order valence-electron chi connectivity index (χ3n) is 5.82. The van der Waals surface area contributed by atoms with Crippen molar-refractivity contribution in [2.75, 3.05) is 24.5 Å². The van der Waals surface area contributed by atoms with Gasteiger partial charge < -0.3 is 15.3 Å². The van der Waals surface area contributed by atoms with Crippen LogP contribution in [0.4, 0.5) is 10.2 Å². The van der Waals surface area contributed by atoms with E-state index in [1.165, 1.54) is 6.07 Å². The van der Waals surface area contributed by atoms with Crippen LogP contribution in [0.15, 0.2) is 24.4 Å². The Labute approximate surface area is 173 Å². The minimum absolute atomic E-state index is 0.0649. The molecule has 1 aliphatic rings. The molecule has 0 radical (unpaired) electrons. The zero-order valence-corrected chi connectivity index (χ0v) is 17.3. The number of fused-ring (bicyclic) bond motifs is 1. The third-order valence-corrected chi connectivity index (χ3v) is 6.10. The van der Waals surface area contributed by atoms with Gasteiger partial charge in [0.25, 0.3) is 0 Å². The van der Waals surface area contributed by atoms with Gasteiger partial charge in [0.15, 0.2) is 11.5 Å². The molecule has 1 saturated heterocycles. The van der Waals surface area contributed by atoms with E-state index < -0.39 is 11.4 Å². The maximum Gasteiger partial charge on any atom is 0.155 e. The Balaban J connectivity index is 1.73. The van der Waals surface area contributed by atoms with Gasteiger partial charge in [0, 0.05) is 31.2 Å². The van der Waals surface area contributed by atoms with Crippen molar-refractivity contribution in [1.82, 2.24) is 25.5 Å². The van der Waals surface area contributed by atoms with Crippen molar-refractivity contribution in [3.8, 4) is 11.4 Å². The number of pyridine rings is 2. The molecule has 29 heavy (non-hydrogen) atoms. The number of hydrogen-bond acceptors (Lipinski definition) is 6. The second-order valence-corrected chi connectivity index (χ2v) is 8.34. The lowest BCUT2D eigenvalue weighted by Crippen LogP contribution is -2.62. The van der Waals surface area contributed by atoms with Gasteiger partial charge >= 0.3 is 0 Å². The molecule has 0 bridgehead atoms. The molecule has 7 nitrogen and oxygen atoms in total. The summed E-state index contributed by atoms with van der Waals surface area (Å²) in [7, 11) is 0. The molecule has 1 unspecified atom stereocenters. The number of rotatable bonds is 4. The summed E-state index contributed by atoms with van der Waals surface area (Å²) in [6.45, 7) is 7.61. The Morgan fingerprint density at radius 1 is 1.38 bits per heavy atom. The van der Waals surface area contributed by atoms with E-state index >= 15 is 0 Å². The van der Waals surface area contributed by atoms with Gasteiger partial charge in [0.05, 0.1) is 16.7 Å². The van der Waals surface area contributed by atoms with Gasteiger partial charge in [-0.05, 0) is 31.0 Å². The summed E-state index contributed by atoms with van der Waals surface area (Å²) in [6.07, 6.45) is 1.64. The number of aliphatic hydroxyl groups is 1. The second kappa shape index (κ2) is 7.51. The maximum absolute atomic E-state index is 14.8. The highest BCUT2D eigenvalue weighted by atomic mass is 35.5. The van der Waals surface area contributed by atoms with E-state index in [1.54, 1.807) is 12.3 Å². The number of nitrogens with zero attached hydrogens (tertiary/aromatic N) is 4. The van der Waals surface area contributed by atoms with E-state index in [1.807, 2.05) is 31.7 Å². The number of halogens is 2. The molecule has 0 aromatic carbocycles. The van der Waals surface area contributed by atoms with E-state index in [2.05, 4.69) is 25.5 Å². The molecule has 3 aromatic rings.